The van der Waals surface area contributed by atoms with Gasteiger partial charge in [-0.3, -0.25) is 10.1 Å². The first-order valence-corrected chi connectivity index (χ1v) is 9.74. The van der Waals surface area contributed by atoms with E-state index in [1.54, 1.807) is 11.3 Å². The predicted octanol–water partition coefficient (Wildman–Crippen LogP) is 1.29. The van der Waals surface area contributed by atoms with Crippen LogP contribution < -0.4 is 15.5 Å². The van der Waals surface area contributed by atoms with Gasteiger partial charge in [-0.15, -0.1) is 11.3 Å². The third-order valence-corrected chi connectivity index (χ3v) is 5.75. The summed E-state index contributed by atoms with van der Waals surface area (Å²) in [4.78, 5) is 29.5. The highest BCUT2D eigenvalue weighted by atomic mass is 32.1. The second-order valence-electron chi connectivity index (χ2n) is 6.52. The quantitative estimate of drug-likeness (QED) is 0.751. The van der Waals surface area contributed by atoms with E-state index in [0.29, 0.717) is 19.0 Å². The number of hydrogen-bond acceptors (Lipinski definition) is 4. The number of piperidine rings is 1. The van der Waals surface area contributed by atoms with Gasteiger partial charge in [0.05, 0.1) is 28.3 Å². The molecule has 0 bridgehead atoms. The summed E-state index contributed by atoms with van der Waals surface area (Å²) < 4.78 is 1.24. The lowest BCUT2D eigenvalue weighted by Crippen LogP contribution is -3.14. The molecule has 6 nitrogen and oxygen atoms in total. The number of rotatable bonds is 5. The van der Waals surface area contributed by atoms with Crippen LogP contribution in [0.5, 0.6) is 0 Å². The summed E-state index contributed by atoms with van der Waals surface area (Å²) >= 11 is 1.78. The summed E-state index contributed by atoms with van der Waals surface area (Å²) in [6.45, 7) is 4.78. The number of benzene rings is 1. The third-order valence-electron chi connectivity index (χ3n) is 4.55. The number of carbonyl (C=O) groups is 2. The summed E-state index contributed by atoms with van der Waals surface area (Å²) in [7, 11) is 0. The molecule has 1 saturated heterocycles. The number of urea groups is 1. The highest BCUT2D eigenvalue weighted by Crippen LogP contribution is 2.31. The van der Waals surface area contributed by atoms with Gasteiger partial charge in [0.15, 0.2) is 6.54 Å². The zero-order chi connectivity index (χ0) is 17.6. The normalized spacial score (nSPS) is 20.4. The predicted molar refractivity (Wildman–Crippen MR) is 99.0 cm³/mol. The van der Waals surface area contributed by atoms with Gasteiger partial charge >= 0.3 is 6.03 Å². The van der Waals surface area contributed by atoms with Gasteiger partial charge < -0.3 is 10.2 Å². The average molecular weight is 361 g/mol. The molecule has 0 unspecified atom stereocenters. The molecule has 3 rings (SSSR count). The van der Waals surface area contributed by atoms with Crippen molar-refractivity contribution in [2.24, 2.45) is 0 Å². The second kappa shape index (κ2) is 8.40. The van der Waals surface area contributed by atoms with Crippen LogP contribution in [0.3, 0.4) is 0 Å². The molecule has 2 heterocycles. The van der Waals surface area contributed by atoms with E-state index in [4.69, 9.17) is 4.98 Å². The zero-order valence-corrected chi connectivity index (χ0v) is 15.3. The Morgan fingerprint density at radius 2 is 2.04 bits per heavy atom. The lowest BCUT2D eigenvalue weighted by Gasteiger charge is -2.27. The number of likely N-dealkylation sites (tertiary alicyclic amines) is 1. The molecule has 3 amide bonds. The van der Waals surface area contributed by atoms with Crippen LogP contribution in [0.1, 0.15) is 37.1 Å². The molecule has 1 aromatic carbocycles. The maximum Gasteiger partial charge on any atom is 0.321 e. The molecule has 25 heavy (non-hydrogen) atoms. The van der Waals surface area contributed by atoms with Gasteiger partial charge in [0.1, 0.15) is 0 Å². The maximum absolute atomic E-state index is 12.0. The average Bonchev–Trinajstić information content (AvgIpc) is 3.04. The van der Waals surface area contributed by atoms with Crippen LogP contribution >= 0.6 is 11.3 Å². The van der Waals surface area contributed by atoms with Crippen LogP contribution in [0, 0.1) is 0 Å². The first-order valence-electron chi connectivity index (χ1n) is 8.92. The van der Waals surface area contributed by atoms with Gasteiger partial charge in [-0.1, -0.05) is 19.1 Å². The third kappa shape index (κ3) is 4.76. The van der Waals surface area contributed by atoms with Crippen LogP contribution in [-0.2, 0) is 4.79 Å². The monoisotopic (exact) mass is 361 g/mol. The Morgan fingerprint density at radius 1 is 1.28 bits per heavy atom. The maximum atomic E-state index is 12.0. The van der Waals surface area contributed by atoms with Crippen molar-refractivity contribution >= 4 is 33.5 Å². The first kappa shape index (κ1) is 17.8. The Bertz CT molecular complexity index is 705. The molecule has 1 aromatic heterocycles. The molecule has 2 aromatic rings. The number of hydrogen-bond donors (Lipinski definition) is 3. The van der Waals surface area contributed by atoms with E-state index in [0.717, 1.165) is 37.9 Å². The summed E-state index contributed by atoms with van der Waals surface area (Å²) in [6.07, 6.45) is 2.92. The van der Waals surface area contributed by atoms with Crippen molar-refractivity contribution in [2.45, 2.75) is 32.1 Å². The Morgan fingerprint density at radius 3 is 2.76 bits per heavy atom. The molecule has 1 fully saturated rings. The van der Waals surface area contributed by atoms with E-state index in [1.807, 2.05) is 19.1 Å². The van der Waals surface area contributed by atoms with Gasteiger partial charge in [-0.05, 0) is 18.6 Å². The molecule has 7 heteroatoms. The van der Waals surface area contributed by atoms with Crippen LogP contribution in [-0.4, -0.2) is 43.1 Å². The number of para-hydroxylation sites is 1. The van der Waals surface area contributed by atoms with Crippen molar-refractivity contribution in [1.82, 2.24) is 15.6 Å². The number of amides is 3. The topological polar surface area (TPSA) is 75.5 Å². The zero-order valence-electron chi connectivity index (χ0n) is 14.5. The molecule has 0 saturated carbocycles. The molecular weight excluding hydrogens is 336 g/mol. The van der Waals surface area contributed by atoms with Crippen molar-refractivity contribution in [1.29, 1.82) is 0 Å². The van der Waals surface area contributed by atoms with E-state index in [1.165, 1.54) is 14.6 Å². The van der Waals surface area contributed by atoms with E-state index < -0.39 is 6.03 Å². The van der Waals surface area contributed by atoms with Crippen LogP contribution in [0.4, 0.5) is 4.79 Å². The Hall–Kier alpha value is -1.99. The van der Waals surface area contributed by atoms with Gasteiger partial charge in [-0.2, -0.15) is 0 Å². The number of nitrogens with zero attached hydrogens (tertiary/aromatic N) is 1. The fourth-order valence-electron chi connectivity index (χ4n) is 3.20. The summed E-state index contributed by atoms with van der Waals surface area (Å²) in [6, 6.07) is 7.85. The number of fused-ring (bicyclic) bond motifs is 1. The number of imide groups is 1. The van der Waals surface area contributed by atoms with E-state index in [-0.39, 0.29) is 5.91 Å². The van der Waals surface area contributed by atoms with E-state index in [2.05, 4.69) is 22.8 Å². The van der Waals surface area contributed by atoms with Crippen molar-refractivity contribution in [3.05, 3.63) is 29.3 Å². The largest absolute Gasteiger partial charge is 0.338 e. The fraction of sp³-hybridized carbons (Fsp3) is 0.500. The van der Waals surface area contributed by atoms with E-state index >= 15 is 0 Å². The number of carbonyl (C=O) groups excluding carboxylic acids is 2. The lowest BCUT2D eigenvalue weighted by molar-refractivity contribution is -0.897. The molecule has 1 aliphatic rings. The van der Waals surface area contributed by atoms with Gasteiger partial charge in [-0.25, -0.2) is 9.78 Å². The van der Waals surface area contributed by atoms with Crippen LogP contribution in [0.25, 0.3) is 10.2 Å². The number of quaternary nitrogens is 1. The Labute approximate surface area is 151 Å². The van der Waals surface area contributed by atoms with Crippen molar-refractivity contribution in [3.63, 3.8) is 0 Å². The molecule has 134 valence electrons. The molecule has 0 spiro atoms. The van der Waals surface area contributed by atoms with Crippen molar-refractivity contribution in [2.75, 3.05) is 26.2 Å². The smallest absolute Gasteiger partial charge is 0.321 e. The van der Waals surface area contributed by atoms with E-state index in [9.17, 15) is 9.59 Å². The van der Waals surface area contributed by atoms with Crippen molar-refractivity contribution in [3.8, 4) is 0 Å². The molecule has 0 radical (unpaired) electrons. The number of aromatic nitrogens is 1. The Balaban J connectivity index is 1.47. The molecule has 1 aliphatic heterocycles. The van der Waals surface area contributed by atoms with Crippen LogP contribution in [0.2, 0.25) is 0 Å². The molecule has 0 atom stereocenters. The number of nitrogens with one attached hydrogen (secondary N) is 3. The molecular formula is C18H25N4O2S+. The summed E-state index contributed by atoms with van der Waals surface area (Å²) in [5, 5.41) is 6.27. The van der Waals surface area contributed by atoms with Gasteiger partial charge in [0, 0.05) is 25.3 Å². The highest BCUT2D eigenvalue weighted by Gasteiger charge is 2.27. The SMILES string of the molecule is CCCNC(=O)NC(=O)C[NH+]1CCC(c2nc3ccccc3s2)CC1. The summed E-state index contributed by atoms with van der Waals surface area (Å²) in [5.74, 6) is 0.277. The standard InChI is InChI=1S/C18H24N4O2S/c1-2-9-19-18(24)21-16(23)12-22-10-7-13(8-11-22)17-20-14-5-3-4-6-15(14)25-17/h3-6,13H,2,7-12H2,1H3,(H2,19,21,23,24)/p+1. The van der Waals surface area contributed by atoms with Gasteiger partial charge in [0.25, 0.3) is 5.91 Å². The summed E-state index contributed by atoms with van der Waals surface area (Å²) in [5.41, 5.74) is 1.08. The molecule has 0 aliphatic carbocycles. The fourth-order valence-corrected chi connectivity index (χ4v) is 4.33. The highest BCUT2D eigenvalue weighted by molar-refractivity contribution is 7.18. The first-order chi connectivity index (χ1) is 12.2. The van der Waals surface area contributed by atoms with Crippen LogP contribution in [0.15, 0.2) is 24.3 Å². The molecule has 3 N–H and O–H groups in total. The minimum absolute atomic E-state index is 0.206. The minimum Gasteiger partial charge on any atom is -0.338 e. The lowest BCUT2D eigenvalue weighted by atomic mass is 9.97. The minimum atomic E-state index is -0.393. The van der Waals surface area contributed by atoms with Gasteiger partial charge in [0.2, 0.25) is 0 Å². The number of thiazole rings is 1. The second-order valence-corrected chi connectivity index (χ2v) is 7.59. The Kier molecular flexibility index (Phi) is 5.99. The van der Waals surface area contributed by atoms with Crippen molar-refractivity contribution < 1.29 is 14.5 Å².